The van der Waals surface area contributed by atoms with Crippen LogP contribution in [0.15, 0.2) is 0 Å². The first kappa shape index (κ1) is 11.0. The van der Waals surface area contributed by atoms with Crippen LogP contribution in [0.3, 0.4) is 0 Å². The SMILES string of the molecule is CC(C)NC[C@H]1CC[C@H](CN)CC1. The molecule has 1 aliphatic carbocycles. The highest BCUT2D eigenvalue weighted by molar-refractivity contribution is 4.74. The van der Waals surface area contributed by atoms with E-state index in [0.717, 1.165) is 18.4 Å². The molecule has 0 aromatic carbocycles. The highest BCUT2D eigenvalue weighted by Crippen LogP contribution is 2.27. The van der Waals surface area contributed by atoms with E-state index in [4.69, 9.17) is 5.73 Å². The molecule has 0 aromatic rings. The number of hydrogen-bond donors (Lipinski definition) is 2. The van der Waals surface area contributed by atoms with Crippen LogP contribution in [0.5, 0.6) is 0 Å². The summed E-state index contributed by atoms with van der Waals surface area (Å²) in [6, 6.07) is 0.632. The van der Waals surface area contributed by atoms with E-state index in [0.29, 0.717) is 6.04 Å². The van der Waals surface area contributed by atoms with Gasteiger partial charge in [-0.15, -0.1) is 0 Å². The Hall–Kier alpha value is -0.0800. The Labute approximate surface area is 82.3 Å². The largest absolute Gasteiger partial charge is 0.330 e. The van der Waals surface area contributed by atoms with Crippen LogP contribution in [0, 0.1) is 11.8 Å². The molecule has 0 aromatic heterocycles. The molecule has 0 aliphatic heterocycles. The summed E-state index contributed by atoms with van der Waals surface area (Å²) in [5, 5.41) is 3.52. The molecular weight excluding hydrogens is 160 g/mol. The maximum Gasteiger partial charge on any atom is 0.00104 e. The van der Waals surface area contributed by atoms with E-state index < -0.39 is 0 Å². The first-order chi connectivity index (χ1) is 6.22. The van der Waals surface area contributed by atoms with Crippen molar-refractivity contribution in [2.75, 3.05) is 13.1 Å². The van der Waals surface area contributed by atoms with Gasteiger partial charge < -0.3 is 11.1 Å². The van der Waals surface area contributed by atoms with Crippen molar-refractivity contribution in [3.8, 4) is 0 Å². The van der Waals surface area contributed by atoms with Crippen LogP contribution in [0.2, 0.25) is 0 Å². The zero-order valence-electron chi connectivity index (χ0n) is 9.05. The summed E-state index contributed by atoms with van der Waals surface area (Å²) in [5.41, 5.74) is 5.66. The van der Waals surface area contributed by atoms with Gasteiger partial charge in [0.2, 0.25) is 0 Å². The Morgan fingerprint density at radius 3 is 2.15 bits per heavy atom. The molecule has 0 heterocycles. The molecule has 0 saturated heterocycles. The summed E-state index contributed by atoms with van der Waals surface area (Å²) in [6.45, 7) is 6.52. The highest BCUT2D eigenvalue weighted by Gasteiger charge is 2.19. The predicted octanol–water partition coefficient (Wildman–Crippen LogP) is 1.75. The maximum absolute atomic E-state index is 5.66. The third-order valence-electron chi connectivity index (χ3n) is 3.11. The lowest BCUT2D eigenvalue weighted by Crippen LogP contribution is -2.32. The van der Waals surface area contributed by atoms with Gasteiger partial charge in [-0.1, -0.05) is 13.8 Å². The van der Waals surface area contributed by atoms with Gasteiger partial charge in [-0.05, 0) is 50.6 Å². The summed E-state index contributed by atoms with van der Waals surface area (Å²) >= 11 is 0. The predicted molar refractivity (Wildman–Crippen MR) is 57.6 cm³/mol. The van der Waals surface area contributed by atoms with Crippen molar-refractivity contribution in [3.05, 3.63) is 0 Å². The van der Waals surface area contributed by atoms with Crippen molar-refractivity contribution in [2.45, 2.75) is 45.6 Å². The van der Waals surface area contributed by atoms with Crippen molar-refractivity contribution in [2.24, 2.45) is 17.6 Å². The third-order valence-corrected chi connectivity index (χ3v) is 3.11. The van der Waals surface area contributed by atoms with Crippen LogP contribution in [-0.4, -0.2) is 19.1 Å². The molecule has 0 spiro atoms. The van der Waals surface area contributed by atoms with Gasteiger partial charge in [0.25, 0.3) is 0 Å². The van der Waals surface area contributed by atoms with Crippen molar-refractivity contribution in [1.29, 1.82) is 0 Å². The molecule has 1 saturated carbocycles. The first-order valence-corrected chi connectivity index (χ1v) is 5.65. The number of hydrogen-bond acceptors (Lipinski definition) is 2. The molecule has 2 nitrogen and oxygen atoms in total. The number of rotatable bonds is 4. The van der Waals surface area contributed by atoms with Crippen LogP contribution in [0.25, 0.3) is 0 Å². The Morgan fingerprint density at radius 2 is 1.69 bits per heavy atom. The second-order valence-electron chi connectivity index (χ2n) is 4.69. The summed E-state index contributed by atoms with van der Waals surface area (Å²) in [6.07, 6.45) is 5.45. The fraction of sp³-hybridized carbons (Fsp3) is 1.00. The van der Waals surface area contributed by atoms with Gasteiger partial charge in [-0.25, -0.2) is 0 Å². The monoisotopic (exact) mass is 184 g/mol. The Kier molecular flexibility index (Phi) is 4.74. The van der Waals surface area contributed by atoms with Crippen LogP contribution in [-0.2, 0) is 0 Å². The third kappa shape index (κ3) is 4.10. The van der Waals surface area contributed by atoms with Crippen molar-refractivity contribution in [3.63, 3.8) is 0 Å². The topological polar surface area (TPSA) is 38.0 Å². The fourth-order valence-corrected chi connectivity index (χ4v) is 2.07. The van der Waals surface area contributed by atoms with Gasteiger partial charge in [0.15, 0.2) is 0 Å². The lowest BCUT2D eigenvalue weighted by atomic mass is 9.82. The minimum Gasteiger partial charge on any atom is -0.330 e. The standard InChI is InChI=1S/C11H24N2/c1-9(2)13-8-11-5-3-10(7-12)4-6-11/h9-11,13H,3-8,12H2,1-2H3/t10-,11-. The molecule has 1 rings (SSSR count). The zero-order valence-corrected chi connectivity index (χ0v) is 9.05. The molecule has 2 heteroatoms. The van der Waals surface area contributed by atoms with Gasteiger partial charge in [-0.2, -0.15) is 0 Å². The molecule has 0 bridgehead atoms. The molecule has 3 N–H and O–H groups in total. The average molecular weight is 184 g/mol. The lowest BCUT2D eigenvalue weighted by Gasteiger charge is -2.28. The van der Waals surface area contributed by atoms with E-state index in [-0.39, 0.29) is 0 Å². The van der Waals surface area contributed by atoms with Crippen LogP contribution in [0.1, 0.15) is 39.5 Å². The molecule has 13 heavy (non-hydrogen) atoms. The molecule has 78 valence electrons. The Morgan fingerprint density at radius 1 is 1.15 bits per heavy atom. The summed E-state index contributed by atoms with van der Waals surface area (Å²) in [4.78, 5) is 0. The second kappa shape index (κ2) is 5.61. The normalized spacial score (nSPS) is 29.5. The number of nitrogens with two attached hydrogens (primary N) is 1. The van der Waals surface area contributed by atoms with Gasteiger partial charge in [0.1, 0.15) is 0 Å². The van der Waals surface area contributed by atoms with E-state index >= 15 is 0 Å². The van der Waals surface area contributed by atoms with Crippen molar-refractivity contribution in [1.82, 2.24) is 5.32 Å². The highest BCUT2D eigenvalue weighted by atomic mass is 14.9. The number of nitrogens with one attached hydrogen (secondary N) is 1. The van der Waals surface area contributed by atoms with Crippen molar-refractivity contribution < 1.29 is 0 Å². The quantitative estimate of drug-likeness (QED) is 0.698. The van der Waals surface area contributed by atoms with Crippen LogP contribution in [0.4, 0.5) is 0 Å². The Bertz CT molecular complexity index is 126. The van der Waals surface area contributed by atoms with Crippen molar-refractivity contribution >= 4 is 0 Å². The maximum atomic E-state index is 5.66. The van der Waals surface area contributed by atoms with E-state index in [9.17, 15) is 0 Å². The summed E-state index contributed by atoms with van der Waals surface area (Å²) in [5.74, 6) is 1.72. The Balaban J connectivity index is 2.10. The van der Waals surface area contributed by atoms with E-state index in [1.54, 1.807) is 0 Å². The molecule has 0 amide bonds. The van der Waals surface area contributed by atoms with Crippen LogP contribution < -0.4 is 11.1 Å². The van der Waals surface area contributed by atoms with E-state index in [1.165, 1.54) is 32.2 Å². The molecule has 0 unspecified atom stereocenters. The average Bonchev–Trinajstić information content (AvgIpc) is 2.15. The summed E-state index contributed by atoms with van der Waals surface area (Å²) < 4.78 is 0. The molecular formula is C11H24N2. The molecule has 1 aliphatic rings. The molecule has 1 fully saturated rings. The molecule has 0 radical (unpaired) electrons. The minimum absolute atomic E-state index is 0.632. The van der Waals surface area contributed by atoms with Gasteiger partial charge in [0, 0.05) is 6.04 Å². The zero-order chi connectivity index (χ0) is 9.68. The van der Waals surface area contributed by atoms with E-state index in [2.05, 4.69) is 19.2 Å². The molecule has 0 atom stereocenters. The van der Waals surface area contributed by atoms with E-state index in [1.807, 2.05) is 0 Å². The van der Waals surface area contributed by atoms with Gasteiger partial charge in [0.05, 0.1) is 0 Å². The summed E-state index contributed by atoms with van der Waals surface area (Å²) in [7, 11) is 0. The fourth-order valence-electron chi connectivity index (χ4n) is 2.07. The smallest absolute Gasteiger partial charge is 0.00104 e. The second-order valence-corrected chi connectivity index (χ2v) is 4.69. The minimum atomic E-state index is 0.632. The van der Waals surface area contributed by atoms with Crippen LogP contribution >= 0.6 is 0 Å². The lowest BCUT2D eigenvalue weighted by molar-refractivity contribution is 0.268. The van der Waals surface area contributed by atoms with Gasteiger partial charge >= 0.3 is 0 Å². The van der Waals surface area contributed by atoms with Gasteiger partial charge in [-0.3, -0.25) is 0 Å². The first-order valence-electron chi connectivity index (χ1n) is 5.65.